The normalized spacial score (nSPS) is 20.4. The zero-order chi connectivity index (χ0) is 20.4. The van der Waals surface area contributed by atoms with Gasteiger partial charge in [-0.1, -0.05) is 12.1 Å². The predicted octanol–water partition coefficient (Wildman–Crippen LogP) is 0.737. The molecule has 4 rings (SSSR count). The van der Waals surface area contributed by atoms with Crippen LogP contribution in [0.25, 0.3) is 0 Å². The van der Waals surface area contributed by atoms with Gasteiger partial charge in [0.25, 0.3) is 10.2 Å². The molecule has 3 heterocycles. The summed E-state index contributed by atoms with van der Waals surface area (Å²) in [5.74, 6) is 1.45. The van der Waals surface area contributed by atoms with Crippen LogP contribution in [0, 0.1) is 0 Å². The number of nitrogens with one attached hydrogen (secondary N) is 1. The van der Waals surface area contributed by atoms with Gasteiger partial charge in [0.2, 0.25) is 0 Å². The lowest BCUT2D eigenvalue weighted by molar-refractivity contribution is 0.414. The lowest BCUT2D eigenvalue weighted by Crippen LogP contribution is -2.44. The number of nitrogens with zero attached hydrogens (tertiary/aromatic N) is 4. The number of hydrogen-bond donors (Lipinski definition) is 1. The highest BCUT2D eigenvalue weighted by Gasteiger charge is 2.29. The van der Waals surface area contributed by atoms with Crippen molar-refractivity contribution in [2.24, 2.45) is 0 Å². The SMILES string of the molecule is COc1cccc(Cn2nc3n(c2=O)CCC(NS(=O)(=O)N2CCCC2)CC3)c1. The van der Waals surface area contributed by atoms with Crippen molar-refractivity contribution in [1.29, 1.82) is 0 Å². The van der Waals surface area contributed by atoms with E-state index >= 15 is 0 Å². The molecule has 2 aromatic rings. The summed E-state index contributed by atoms with van der Waals surface area (Å²) >= 11 is 0. The number of hydrogen-bond acceptors (Lipinski definition) is 5. The van der Waals surface area contributed by atoms with Gasteiger partial charge in [0.05, 0.1) is 13.7 Å². The second-order valence-electron chi connectivity index (χ2n) is 7.61. The first kappa shape index (κ1) is 20.1. The number of benzene rings is 1. The first-order chi connectivity index (χ1) is 14.0. The summed E-state index contributed by atoms with van der Waals surface area (Å²) in [5, 5.41) is 4.51. The standard InChI is InChI=1S/C19H27N5O4S/c1-28-17-6-4-5-15(13-17)14-24-19(25)23-12-9-16(7-8-18(23)20-24)21-29(26,27)22-10-2-3-11-22/h4-6,13,16,21H,2-3,7-12,14H2,1H3. The van der Waals surface area contributed by atoms with Crippen molar-refractivity contribution < 1.29 is 13.2 Å². The first-order valence-corrected chi connectivity index (χ1v) is 11.5. The zero-order valence-electron chi connectivity index (χ0n) is 16.6. The lowest BCUT2D eigenvalue weighted by Gasteiger charge is -2.21. The van der Waals surface area contributed by atoms with E-state index in [0.717, 1.165) is 24.2 Å². The van der Waals surface area contributed by atoms with Crippen molar-refractivity contribution in [2.75, 3.05) is 20.2 Å². The second kappa shape index (κ2) is 8.29. The summed E-state index contributed by atoms with van der Waals surface area (Å²) in [6.07, 6.45) is 3.59. The molecule has 1 saturated heterocycles. The minimum atomic E-state index is -3.45. The van der Waals surface area contributed by atoms with E-state index in [1.807, 2.05) is 24.3 Å². The lowest BCUT2D eigenvalue weighted by atomic mass is 10.1. The van der Waals surface area contributed by atoms with E-state index < -0.39 is 10.2 Å². The summed E-state index contributed by atoms with van der Waals surface area (Å²) in [4.78, 5) is 12.8. The van der Waals surface area contributed by atoms with Gasteiger partial charge in [0, 0.05) is 32.1 Å². The molecule has 158 valence electrons. The van der Waals surface area contributed by atoms with Crippen LogP contribution in [-0.2, 0) is 29.7 Å². The molecule has 1 atom stereocenters. The van der Waals surface area contributed by atoms with Crippen LogP contribution in [0.4, 0.5) is 0 Å². The Balaban J connectivity index is 1.44. The summed E-state index contributed by atoms with van der Waals surface area (Å²) in [7, 11) is -1.84. The van der Waals surface area contributed by atoms with E-state index in [1.54, 1.807) is 11.7 Å². The van der Waals surface area contributed by atoms with Crippen LogP contribution >= 0.6 is 0 Å². The van der Waals surface area contributed by atoms with Gasteiger partial charge in [-0.05, 0) is 43.4 Å². The third-order valence-corrected chi connectivity index (χ3v) is 7.28. The Morgan fingerprint density at radius 3 is 2.76 bits per heavy atom. The zero-order valence-corrected chi connectivity index (χ0v) is 17.4. The molecule has 2 aliphatic rings. The van der Waals surface area contributed by atoms with Gasteiger partial charge in [0.1, 0.15) is 11.6 Å². The fourth-order valence-corrected chi connectivity index (χ4v) is 5.55. The van der Waals surface area contributed by atoms with E-state index in [2.05, 4.69) is 9.82 Å². The average molecular weight is 422 g/mol. The van der Waals surface area contributed by atoms with Crippen LogP contribution in [0.15, 0.2) is 29.1 Å². The monoisotopic (exact) mass is 421 g/mol. The second-order valence-corrected chi connectivity index (χ2v) is 9.32. The smallest absolute Gasteiger partial charge is 0.346 e. The third kappa shape index (κ3) is 4.39. The van der Waals surface area contributed by atoms with Crippen molar-refractivity contribution >= 4 is 10.2 Å². The minimum absolute atomic E-state index is 0.161. The molecule has 0 spiro atoms. The van der Waals surface area contributed by atoms with Crippen LogP contribution in [0.3, 0.4) is 0 Å². The van der Waals surface area contributed by atoms with Gasteiger partial charge in [-0.2, -0.15) is 22.5 Å². The number of rotatable bonds is 6. The van der Waals surface area contributed by atoms with E-state index in [-0.39, 0.29) is 11.7 Å². The Morgan fingerprint density at radius 2 is 2.00 bits per heavy atom. The summed E-state index contributed by atoms with van der Waals surface area (Å²) < 4.78 is 37.7. The molecule has 1 unspecified atom stereocenters. The molecule has 2 aliphatic heterocycles. The molecule has 1 aromatic heterocycles. The van der Waals surface area contributed by atoms with Crippen LogP contribution in [0.5, 0.6) is 5.75 Å². The number of ether oxygens (including phenoxy) is 1. The van der Waals surface area contributed by atoms with Crippen LogP contribution in [0.1, 0.15) is 37.1 Å². The fourth-order valence-electron chi connectivity index (χ4n) is 4.01. The van der Waals surface area contributed by atoms with E-state index in [4.69, 9.17) is 4.74 Å². The Morgan fingerprint density at radius 1 is 1.21 bits per heavy atom. The molecule has 0 saturated carbocycles. The maximum atomic E-state index is 12.8. The third-order valence-electron chi connectivity index (χ3n) is 5.60. The molecule has 0 aliphatic carbocycles. The Hall–Kier alpha value is -2.17. The maximum absolute atomic E-state index is 12.8. The highest BCUT2D eigenvalue weighted by Crippen LogP contribution is 2.17. The summed E-state index contributed by atoms with van der Waals surface area (Å²) in [6, 6.07) is 7.38. The highest BCUT2D eigenvalue weighted by atomic mass is 32.2. The first-order valence-electron chi connectivity index (χ1n) is 10.0. The quantitative estimate of drug-likeness (QED) is 0.742. The number of fused-ring (bicyclic) bond motifs is 1. The summed E-state index contributed by atoms with van der Waals surface area (Å²) in [6.45, 7) is 2.00. The molecule has 1 aromatic carbocycles. The van der Waals surface area contributed by atoms with Crippen molar-refractivity contribution in [3.8, 4) is 5.75 Å². The molecule has 1 fully saturated rings. The Labute approximate surface area is 170 Å². The molecule has 0 amide bonds. The van der Waals surface area contributed by atoms with Crippen molar-refractivity contribution in [1.82, 2.24) is 23.4 Å². The predicted molar refractivity (Wildman–Crippen MR) is 108 cm³/mol. The van der Waals surface area contributed by atoms with Gasteiger partial charge < -0.3 is 4.74 Å². The molecule has 1 N–H and O–H groups in total. The number of aryl methyl sites for hydroxylation is 1. The molecule has 0 radical (unpaired) electrons. The van der Waals surface area contributed by atoms with E-state index in [1.165, 1.54) is 8.99 Å². The Kier molecular flexibility index (Phi) is 5.75. The number of methoxy groups -OCH3 is 1. The molecule has 9 nitrogen and oxygen atoms in total. The molecular formula is C19H27N5O4S. The van der Waals surface area contributed by atoms with Crippen molar-refractivity contribution in [3.05, 3.63) is 46.1 Å². The Bertz CT molecular complexity index is 1020. The number of aromatic nitrogens is 3. The van der Waals surface area contributed by atoms with E-state index in [0.29, 0.717) is 51.3 Å². The van der Waals surface area contributed by atoms with Crippen LogP contribution in [-0.4, -0.2) is 53.3 Å². The molecule has 0 bridgehead atoms. The van der Waals surface area contributed by atoms with E-state index in [9.17, 15) is 13.2 Å². The molecule has 29 heavy (non-hydrogen) atoms. The molecular weight excluding hydrogens is 394 g/mol. The molecule has 10 heteroatoms. The van der Waals surface area contributed by atoms with Gasteiger partial charge in [0.15, 0.2) is 0 Å². The van der Waals surface area contributed by atoms with Gasteiger partial charge >= 0.3 is 5.69 Å². The summed E-state index contributed by atoms with van der Waals surface area (Å²) in [5.41, 5.74) is 0.779. The highest BCUT2D eigenvalue weighted by molar-refractivity contribution is 7.87. The van der Waals surface area contributed by atoms with Gasteiger partial charge in [-0.15, -0.1) is 0 Å². The van der Waals surface area contributed by atoms with Gasteiger partial charge in [-0.25, -0.2) is 9.48 Å². The van der Waals surface area contributed by atoms with Crippen LogP contribution in [0.2, 0.25) is 0 Å². The van der Waals surface area contributed by atoms with Crippen LogP contribution < -0.4 is 15.1 Å². The fraction of sp³-hybridized carbons (Fsp3) is 0.579. The average Bonchev–Trinajstić information content (AvgIpc) is 3.30. The van der Waals surface area contributed by atoms with Crippen molar-refractivity contribution in [3.63, 3.8) is 0 Å². The van der Waals surface area contributed by atoms with Crippen molar-refractivity contribution in [2.45, 2.75) is 51.2 Å². The van der Waals surface area contributed by atoms with Gasteiger partial charge in [-0.3, -0.25) is 4.57 Å². The minimum Gasteiger partial charge on any atom is -0.497 e. The largest absolute Gasteiger partial charge is 0.497 e. The maximum Gasteiger partial charge on any atom is 0.346 e. The topological polar surface area (TPSA) is 98.5 Å².